The molecule has 0 bridgehead atoms. The predicted molar refractivity (Wildman–Crippen MR) is 43.5 cm³/mol. The fraction of sp³-hybridized carbons (Fsp3) is 0. The van der Waals surface area contributed by atoms with Crippen LogP contribution in [0.4, 0.5) is 23.2 Å². The third kappa shape index (κ3) is 1.30. The van der Waals surface area contributed by atoms with Gasteiger partial charge in [-0.3, -0.25) is 0 Å². The molecule has 1 heterocycles. The summed E-state index contributed by atoms with van der Waals surface area (Å²) < 4.78 is 58.2. The van der Waals surface area contributed by atoms with Crippen LogP contribution in [0.3, 0.4) is 0 Å². The van der Waals surface area contributed by atoms with Crippen molar-refractivity contribution in [1.82, 2.24) is 0 Å². The number of rotatable bonds is 0. The molecule has 2 nitrogen and oxygen atoms in total. The number of nitrogens with zero attached hydrogens (tertiary/aromatic N) is 2. The van der Waals surface area contributed by atoms with Gasteiger partial charge in [-0.1, -0.05) is 0 Å². The Hall–Kier alpha value is -0.721. The zero-order valence-electron chi connectivity index (χ0n) is 6.22. The molecule has 0 unspecified atom stereocenters. The summed E-state index contributed by atoms with van der Waals surface area (Å²) >= 11 is -0.120. The number of hydrogen-bond acceptors (Lipinski definition) is 2. The first-order valence-corrected chi connectivity index (χ1v) is 5.58. The molecule has 0 aliphatic carbocycles. The van der Waals surface area contributed by atoms with Crippen molar-refractivity contribution in [2.75, 3.05) is 0 Å². The fourth-order valence-corrected chi connectivity index (χ4v) is 3.11. The molecular weight excluding hydrogens is 287 g/mol. The molecule has 1 aromatic carbocycles. The third-order valence-corrected chi connectivity index (χ3v) is 3.95. The first-order chi connectivity index (χ1) is 6.63. The van der Waals surface area contributed by atoms with Crippen LogP contribution in [0.2, 0.25) is 0 Å². The molecular formula is C6F4N2SSe. The van der Waals surface area contributed by atoms with Gasteiger partial charge in [-0.2, -0.15) is 0 Å². The van der Waals surface area contributed by atoms with Gasteiger partial charge in [-0.25, -0.2) is 0 Å². The predicted octanol–water partition coefficient (Wildman–Crippen LogP) is 1.58. The second-order valence-corrected chi connectivity index (χ2v) is 4.95. The monoisotopic (exact) mass is 288 g/mol. The molecule has 0 aromatic heterocycles. The summed E-state index contributed by atoms with van der Waals surface area (Å²) in [5.74, 6) is -6.49. The number of halogens is 4. The van der Waals surface area contributed by atoms with E-state index < -0.39 is 44.1 Å². The van der Waals surface area contributed by atoms with Crippen LogP contribution in [0, 0.1) is 23.3 Å². The Kier molecular flexibility index (Phi) is 2.42. The van der Waals surface area contributed by atoms with Gasteiger partial charge >= 0.3 is 85.3 Å². The normalized spacial score (nSPS) is 13.7. The third-order valence-electron chi connectivity index (χ3n) is 1.49. The van der Waals surface area contributed by atoms with E-state index in [-0.39, 0.29) is 4.46 Å². The van der Waals surface area contributed by atoms with Crippen LogP contribution in [-0.2, 0) is 11.4 Å². The Labute approximate surface area is 85.6 Å². The fourth-order valence-electron chi connectivity index (χ4n) is 0.876. The molecule has 8 heteroatoms. The van der Waals surface area contributed by atoms with Gasteiger partial charge in [-0.15, -0.1) is 0 Å². The van der Waals surface area contributed by atoms with Crippen molar-refractivity contribution in [2.24, 2.45) is 7.74 Å². The van der Waals surface area contributed by atoms with E-state index in [0.29, 0.717) is 11.4 Å². The van der Waals surface area contributed by atoms with Crippen molar-refractivity contribution >= 4 is 36.7 Å². The molecule has 0 fully saturated rings. The van der Waals surface area contributed by atoms with E-state index in [9.17, 15) is 17.6 Å². The molecule has 1 aliphatic rings. The van der Waals surface area contributed by atoms with Crippen LogP contribution >= 0.6 is 0 Å². The second-order valence-electron chi connectivity index (χ2n) is 2.27. The maximum absolute atomic E-state index is 13.0. The molecule has 1 aromatic rings. The molecule has 0 atom stereocenters. The van der Waals surface area contributed by atoms with Crippen molar-refractivity contribution < 1.29 is 17.6 Å². The van der Waals surface area contributed by atoms with Crippen molar-refractivity contribution in [3.05, 3.63) is 23.3 Å². The molecule has 2 rings (SSSR count). The van der Waals surface area contributed by atoms with Crippen LogP contribution < -0.4 is 4.46 Å². The van der Waals surface area contributed by atoms with Crippen molar-refractivity contribution in [3.8, 4) is 0 Å². The number of hydrogen-bond donors (Lipinski definition) is 0. The van der Waals surface area contributed by atoms with E-state index in [4.69, 9.17) is 0 Å². The summed E-state index contributed by atoms with van der Waals surface area (Å²) in [4.78, 5) is 0. The minimum absolute atomic E-state index is 0.285. The summed E-state index contributed by atoms with van der Waals surface area (Å²) in [6.07, 6.45) is 0. The summed E-state index contributed by atoms with van der Waals surface area (Å²) in [7, 11) is 0. The zero-order valence-corrected chi connectivity index (χ0v) is 8.75. The van der Waals surface area contributed by atoms with Gasteiger partial charge in [-0.05, 0) is 0 Å². The van der Waals surface area contributed by atoms with Gasteiger partial charge in [0, 0.05) is 0 Å². The van der Waals surface area contributed by atoms with Crippen LogP contribution in [0.15, 0.2) is 7.74 Å². The van der Waals surface area contributed by atoms with Crippen molar-refractivity contribution in [1.29, 1.82) is 0 Å². The second kappa shape index (κ2) is 3.45. The van der Waals surface area contributed by atoms with E-state index in [0.717, 1.165) is 0 Å². The minimum atomic E-state index is -1.83. The van der Waals surface area contributed by atoms with Crippen LogP contribution in [-0.4, -0.2) is 15.2 Å². The quantitative estimate of drug-likeness (QED) is 0.299. The van der Waals surface area contributed by atoms with Crippen LogP contribution in [0.25, 0.3) is 0 Å². The average molecular weight is 287 g/mol. The molecule has 0 saturated heterocycles. The van der Waals surface area contributed by atoms with E-state index in [1.54, 1.807) is 0 Å². The van der Waals surface area contributed by atoms with E-state index in [1.165, 1.54) is 0 Å². The Morgan fingerprint density at radius 1 is 0.929 bits per heavy atom. The summed E-state index contributed by atoms with van der Waals surface area (Å²) in [5, 5.41) is 0. The van der Waals surface area contributed by atoms with Crippen LogP contribution in [0.5, 0.6) is 0 Å². The molecule has 0 spiro atoms. The Bertz CT molecular complexity index is 483. The average Bonchev–Trinajstić information content (AvgIpc) is 2.23. The topological polar surface area (TPSA) is 24.7 Å². The summed E-state index contributed by atoms with van der Waals surface area (Å²) in [6.45, 7) is 0. The molecule has 0 radical (unpaired) electrons. The Balaban J connectivity index is 2.84. The van der Waals surface area contributed by atoms with Crippen LogP contribution in [0.1, 0.15) is 0 Å². The Morgan fingerprint density at radius 2 is 1.57 bits per heavy atom. The van der Waals surface area contributed by atoms with E-state index >= 15 is 0 Å². The van der Waals surface area contributed by atoms with Gasteiger partial charge < -0.3 is 0 Å². The summed E-state index contributed by atoms with van der Waals surface area (Å²) in [6, 6.07) is 0. The first-order valence-electron chi connectivity index (χ1n) is 3.23. The zero-order chi connectivity index (χ0) is 10.3. The molecule has 0 amide bonds. The standard InChI is InChI=1S/C6F4N2SSe/c7-1-2(8)4(10)6-5(3(1)9)11-13-12-14-6. The van der Waals surface area contributed by atoms with Gasteiger partial charge in [0.25, 0.3) is 0 Å². The van der Waals surface area contributed by atoms with Gasteiger partial charge in [0.2, 0.25) is 0 Å². The summed E-state index contributed by atoms with van der Waals surface area (Å²) in [5.41, 5.74) is -0.471. The maximum atomic E-state index is 13.0. The molecule has 74 valence electrons. The first kappa shape index (κ1) is 9.82. The number of benzene rings is 1. The Morgan fingerprint density at radius 3 is 2.29 bits per heavy atom. The molecule has 0 saturated carbocycles. The van der Waals surface area contributed by atoms with Gasteiger partial charge in [0.05, 0.1) is 0 Å². The van der Waals surface area contributed by atoms with Gasteiger partial charge in [0.15, 0.2) is 0 Å². The SMILES string of the molecule is Fc1c(F)c(F)c2c(c1F)N=S=N[Se]2. The van der Waals surface area contributed by atoms with E-state index in [1.807, 2.05) is 0 Å². The van der Waals surface area contributed by atoms with Gasteiger partial charge in [0.1, 0.15) is 0 Å². The molecule has 0 N–H and O–H groups in total. The molecule has 14 heavy (non-hydrogen) atoms. The molecule has 1 aliphatic heterocycles. The van der Waals surface area contributed by atoms with Crippen molar-refractivity contribution in [3.63, 3.8) is 0 Å². The van der Waals surface area contributed by atoms with E-state index in [2.05, 4.69) is 7.74 Å². The number of fused-ring (bicyclic) bond motifs is 1. The van der Waals surface area contributed by atoms with Crippen molar-refractivity contribution in [2.45, 2.75) is 0 Å².